The van der Waals surface area contributed by atoms with Gasteiger partial charge in [0.1, 0.15) is 0 Å². The highest BCUT2D eigenvalue weighted by atomic mass is 16.5. The lowest BCUT2D eigenvalue weighted by molar-refractivity contribution is -0.121. The minimum absolute atomic E-state index is 0.0305. The predicted molar refractivity (Wildman–Crippen MR) is 142 cm³/mol. The van der Waals surface area contributed by atoms with E-state index in [0.717, 1.165) is 57.2 Å². The maximum atomic E-state index is 13.1. The largest absolute Gasteiger partial charge is 0.349 e. The molecule has 2 aliphatic rings. The van der Waals surface area contributed by atoms with Gasteiger partial charge in [-0.1, -0.05) is 66.4 Å². The van der Waals surface area contributed by atoms with Crippen molar-refractivity contribution in [2.45, 2.75) is 64.5 Å². The number of amides is 2. The van der Waals surface area contributed by atoms with Crippen LogP contribution in [0.1, 0.15) is 66.8 Å². The van der Waals surface area contributed by atoms with Crippen LogP contribution in [0.4, 0.5) is 5.69 Å². The second-order valence-corrected chi connectivity index (χ2v) is 10.3. The normalized spacial score (nSPS) is 17.4. The van der Waals surface area contributed by atoms with E-state index >= 15 is 0 Å². The number of aromatic nitrogens is 2. The predicted octanol–water partition coefficient (Wildman–Crippen LogP) is 4.96. The molecule has 0 unspecified atom stereocenters. The van der Waals surface area contributed by atoms with Gasteiger partial charge in [-0.15, -0.1) is 0 Å². The van der Waals surface area contributed by atoms with Gasteiger partial charge in [-0.2, -0.15) is 4.98 Å². The topological polar surface area (TPSA) is 100 Å². The Labute approximate surface area is 217 Å². The zero-order valence-electron chi connectivity index (χ0n) is 21.4. The Hall–Kier alpha value is -3.52. The first kappa shape index (κ1) is 25.1. The molecule has 0 spiro atoms. The van der Waals surface area contributed by atoms with Crippen LogP contribution in [0.5, 0.6) is 0 Å². The molecule has 1 saturated carbocycles. The number of benzene rings is 2. The highest BCUT2D eigenvalue weighted by Crippen LogP contribution is 2.24. The summed E-state index contributed by atoms with van der Waals surface area (Å²) in [6.07, 6.45) is 7.07. The molecule has 1 aliphatic carbocycles. The van der Waals surface area contributed by atoms with Crippen molar-refractivity contribution in [3.63, 3.8) is 0 Å². The van der Waals surface area contributed by atoms with Gasteiger partial charge >= 0.3 is 0 Å². The van der Waals surface area contributed by atoms with E-state index in [0.29, 0.717) is 29.5 Å². The van der Waals surface area contributed by atoms with Crippen LogP contribution >= 0.6 is 0 Å². The molecule has 2 heterocycles. The molecule has 3 aromatic rings. The number of carbonyl (C=O) groups excluding carboxylic acids is 2. The average Bonchev–Trinajstić information content (AvgIpc) is 3.39. The number of carbonyl (C=O) groups is 2. The molecule has 8 nitrogen and oxygen atoms in total. The lowest BCUT2D eigenvalue weighted by atomic mass is 9.95. The molecule has 2 N–H and O–H groups in total. The first-order valence-electron chi connectivity index (χ1n) is 13.4. The van der Waals surface area contributed by atoms with E-state index < -0.39 is 0 Å². The fourth-order valence-corrected chi connectivity index (χ4v) is 5.22. The molecule has 194 valence electrons. The summed E-state index contributed by atoms with van der Waals surface area (Å²) in [4.78, 5) is 32.8. The van der Waals surface area contributed by atoms with Crippen molar-refractivity contribution in [3.8, 4) is 11.4 Å². The monoisotopic (exact) mass is 501 g/mol. The van der Waals surface area contributed by atoms with Gasteiger partial charge < -0.3 is 15.2 Å². The van der Waals surface area contributed by atoms with Crippen molar-refractivity contribution in [3.05, 3.63) is 65.5 Å². The SMILES string of the molecule is Cc1ccc(-c2noc(CN3CCC(C(=O)Nc4ccccc4C(=O)NC4CCCCC4)CC3)n2)cc1. The first-order valence-corrected chi connectivity index (χ1v) is 13.4. The molecule has 8 heteroatoms. The quantitative estimate of drug-likeness (QED) is 0.475. The van der Waals surface area contributed by atoms with Gasteiger partial charge in [-0.05, 0) is 57.8 Å². The third-order valence-corrected chi connectivity index (χ3v) is 7.47. The van der Waals surface area contributed by atoms with Crippen LogP contribution in [-0.2, 0) is 11.3 Å². The molecule has 1 aromatic heterocycles. The van der Waals surface area contributed by atoms with E-state index in [4.69, 9.17) is 4.52 Å². The summed E-state index contributed by atoms with van der Waals surface area (Å²) in [6, 6.07) is 15.6. The number of para-hydroxylation sites is 1. The van der Waals surface area contributed by atoms with Gasteiger partial charge in [0.15, 0.2) is 0 Å². The molecule has 0 radical (unpaired) electrons. The van der Waals surface area contributed by atoms with Gasteiger partial charge in [0.25, 0.3) is 5.91 Å². The Morgan fingerprint density at radius 1 is 0.973 bits per heavy atom. The minimum atomic E-state index is -0.109. The smallest absolute Gasteiger partial charge is 0.253 e. The fourth-order valence-electron chi connectivity index (χ4n) is 5.22. The summed E-state index contributed by atoms with van der Waals surface area (Å²) < 4.78 is 5.48. The highest BCUT2D eigenvalue weighted by molar-refractivity contribution is 6.04. The number of hydrogen-bond donors (Lipinski definition) is 2. The Kier molecular flexibility index (Phi) is 7.94. The van der Waals surface area contributed by atoms with Gasteiger partial charge in [-0.25, -0.2) is 0 Å². The summed E-state index contributed by atoms with van der Waals surface area (Å²) in [7, 11) is 0. The van der Waals surface area contributed by atoms with Crippen molar-refractivity contribution < 1.29 is 14.1 Å². The molecule has 37 heavy (non-hydrogen) atoms. The average molecular weight is 502 g/mol. The van der Waals surface area contributed by atoms with E-state index in [2.05, 4.69) is 25.7 Å². The number of nitrogens with zero attached hydrogens (tertiary/aromatic N) is 3. The van der Waals surface area contributed by atoms with Crippen LogP contribution in [0.15, 0.2) is 53.1 Å². The standard InChI is InChI=1S/C29H35N5O3/c1-20-11-13-21(14-12-20)27-32-26(37-33-27)19-34-17-15-22(16-18-34)28(35)31-25-10-6-5-9-24(25)29(36)30-23-7-3-2-4-8-23/h5-6,9-14,22-23H,2-4,7-8,15-19H2,1H3,(H,30,36)(H,31,35). The number of aryl methyl sites for hydroxylation is 1. The zero-order valence-corrected chi connectivity index (χ0v) is 21.4. The molecule has 2 amide bonds. The van der Waals surface area contributed by atoms with E-state index in [9.17, 15) is 9.59 Å². The second-order valence-electron chi connectivity index (χ2n) is 10.3. The molecular weight excluding hydrogens is 466 g/mol. The third-order valence-electron chi connectivity index (χ3n) is 7.47. The number of likely N-dealkylation sites (tertiary alicyclic amines) is 1. The van der Waals surface area contributed by atoms with Crippen molar-refractivity contribution in [2.75, 3.05) is 18.4 Å². The Bertz CT molecular complexity index is 1210. The summed E-state index contributed by atoms with van der Waals surface area (Å²) >= 11 is 0. The summed E-state index contributed by atoms with van der Waals surface area (Å²) in [5, 5.41) is 10.3. The molecule has 0 atom stereocenters. The molecule has 2 aromatic carbocycles. The molecule has 2 fully saturated rings. The minimum Gasteiger partial charge on any atom is -0.349 e. The molecule has 1 aliphatic heterocycles. The number of rotatable bonds is 7. The van der Waals surface area contributed by atoms with E-state index in [-0.39, 0.29) is 23.8 Å². The number of hydrogen-bond acceptors (Lipinski definition) is 6. The van der Waals surface area contributed by atoms with Crippen molar-refractivity contribution in [2.24, 2.45) is 5.92 Å². The van der Waals surface area contributed by atoms with E-state index in [1.165, 1.54) is 12.0 Å². The summed E-state index contributed by atoms with van der Waals surface area (Å²) in [6.45, 7) is 4.15. The Morgan fingerprint density at radius 3 is 2.46 bits per heavy atom. The maximum Gasteiger partial charge on any atom is 0.253 e. The lowest BCUT2D eigenvalue weighted by Gasteiger charge is -2.30. The van der Waals surface area contributed by atoms with Crippen molar-refractivity contribution >= 4 is 17.5 Å². The van der Waals surface area contributed by atoms with Gasteiger partial charge in [-0.3, -0.25) is 14.5 Å². The number of nitrogens with one attached hydrogen (secondary N) is 2. The zero-order chi connectivity index (χ0) is 25.6. The Balaban J connectivity index is 1.13. The molecule has 0 bridgehead atoms. The second kappa shape index (κ2) is 11.7. The van der Waals surface area contributed by atoms with Crippen molar-refractivity contribution in [1.29, 1.82) is 0 Å². The van der Waals surface area contributed by atoms with Crippen LogP contribution in [0.2, 0.25) is 0 Å². The van der Waals surface area contributed by atoms with Crippen LogP contribution in [0, 0.1) is 12.8 Å². The van der Waals surface area contributed by atoms with Crippen molar-refractivity contribution in [1.82, 2.24) is 20.4 Å². The number of anilines is 1. The van der Waals surface area contributed by atoms with Crippen LogP contribution in [0.3, 0.4) is 0 Å². The van der Waals surface area contributed by atoms with Gasteiger partial charge in [0, 0.05) is 17.5 Å². The lowest BCUT2D eigenvalue weighted by Crippen LogP contribution is -2.38. The number of piperidine rings is 1. The first-order chi connectivity index (χ1) is 18.0. The Morgan fingerprint density at radius 2 is 1.70 bits per heavy atom. The van der Waals surface area contributed by atoms with Crippen LogP contribution < -0.4 is 10.6 Å². The fraction of sp³-hybridized carbons (Fsp3) is 0.448. The van der Waals surface area contributed by atoms with Crippen LogP contribution in [-0.4, -0.2) is 46.0 Å². The van der Waals surface area contributed by atoms with Gasteiger partial charge in [0.05, 0.1) is 17.8 Å². The highest BCUT2D eigenvalue weighted by Gasteiger charge is 2.27. The maximum absolute atomic E-state index is 13.1. The summed E-state index contributed by atoms with van der Waals surface area (Å²) in [5.41, 5.74) is 3.23. The van der Waals surface area contributed by atoms with E-state index in [1.807, 2.05) is 49.4 Å². The van der Waals surface area contributed by atoms with Gasteiger partial charge in [0.2, 0.25) is 17.6 Å². The molecule has 1 saturated heterocycles. The summed E-state index contributed by atoms with van der Waals surface area (Å²) in [5.74, 6) is 0.933. The third kappa shape index (κ3) is 6.43. The van der Waals surface area contributed by atoms with E-state index in [1.54, 1.807) is 6.07 Å². The van der Waals surface area contributed by atoms with Crippen LogP contribution in [0.25, 0.3) is 11.4 Å². The molecule has 5 rings (SSSR count). The molecular formula is C29H35N5O3.